The maximum Gasteiger partial charge on any atom is 0.341 e. The number of thiophene rings is 1. The first-order valence-corrected chi connectivity index (χ1v) is 7.65. The molecular formula is C14H20N2O4S. The third kappa shape index (κ3) is 3.81. The molecule has 0 bridgehead atoms. The Kier molecular flexibility index (Phi) is 5.33. The zero-order chi connectivity index (χ0) is 15.4. The highest BCUT2D eigenvalue weighted by atomic mass is 32.1. The van der Waals surface area contributed by atoms with E-state index in [0.29, 0.717) is 23.7 Å². The van der Waals surface area contributed by atoms with Crippen LogP contribution in [0, 0.1) is 13.8 Å². The van der Waals surface area contributed by atoms with Gasteiger partial charge in [0.25, 0.3) is 0 Å². The van der Waals surface area contributed by atoms with Crippen LogP contribution in [0.5, 0.6) is 0 Å². The SMILES string of the molecule is COC(=O)c1c(NC(=O)CC2CNCCO2)sc(C)c1C. The first-order chi connectivity index (χ1) is 10.0. The van der Waals surface area contributed by atoms with Crippen molar-refractivity contribution >= 4 is 28.2 Å². The van der Waals surface area contributed by atoms with E-state index in [0.717, 1.165) is 17.0 Å². The van der Waals surface area contributed by atoms with Gasteiger partial charge in [-0.15, -0.1) is 11.3 Å². The number of rotatable bonds is 4. The Bertz CT molecular complexity index is 535. The van der Waals surface area contributed by atoms with Crippen molar-refractivity contribution in [3.05, 3.63) is 16.0 Å². The molecule has 2 N–H and O–H groups in total. The van der Waals surface area contributed by atoms with Crippen molar-refractivity contribution in [1.82, 2.24) is 5.32 Å². The summed E-state index contributed by atoms with van der Waals surface area (Å²) in [4.78, 5) is 24.9. The van der Waals surface area contributed by atoms with E-state index < -0.39 is 5.97 Å². The van der Waals surface area contributed by atoms with Crippen LogP contribution in [0.25, 0.3) is 0 Å². The fourth-order valence-corrected chi connectivity index (χ4v) is 3.26. The molecule has 1 amide bonds. The number of ether oxygens (including phenoxy) is 2. The summed E-state index contributed by atoms with van der Waals surface area (Å²) in [6, 6.07) is 0. The Morgan fingerprint density at radius 1 is 1.48 bits per heavy atom. The molecule has 0 aromatic carbocycles. The first kappa shape index (κ1) is 15.9. The summed E-state index contributed by atoms with van der Waals surface area (Å²) in [5.74, 6) is -0.585. The molecule has 1 aliphatic heterocycles. The quantitative estimate of drug-likeness (QED) is 0.823. The highest BCUT2D eigenvalue weighted by Gasteiger charge is 2.23. The number of nitrogens with one attached hydrogen (secondary N) is 2. The number of hydrogen-bond acceptors (Lipinski definition) is 6. The van der Waals surface area contributed by atoms with E-state index in [1.807, 2.05) is 13.8 Å². The molecule has 1 unspecified atom stereocenters. The average Bonchev–Trinajstić information content (AvgIpc) is 2.74. The molecular weight excluding hydrogens is 292 g/mol. The van der Waals surface area contributed by atoms with Crippen LogP contribution in [0.4, 0.5) is 5.00 Å². The molecule has 116 valence electrons. The molecule has 6 nitrogen and oxygen atoms in total. The Labute approximate surface area is 127 Å². The number of carbonyl (C=O) groups excluding carboxylic acids is 2. The second-order valence-electron chi connectivity index (χ2n) is 4.93. The normalized spacial score (nSPS) is 18.3. The Morgan fingerprint density at radius 3 is 2.86 bits per heavy atom. The molecule has 1 aliphatic rings. The van der Waals surface area contributed by atoms with Gasteiger partial charge < -0.3 is 20.1 Å². The van der Waals surface area contributed by atoms with Crippen molar-refractivity contribution in [3.8, 4) is 0 Å². The zero-order valence-corrected chi connectivity index (χ0v) is 13.3. The van der Waals surface area contributed by atoms with Gasteiger partial charge in [-0.3, -0.25) is 4.79 Å². The van der Waals surface area contributed by atoms with Gasteiger partial charge in [-0.1, -0.05) is 0 Å². The molecule has 7 heteroatoms. The average molecular weight is 312 g/mol. The lowest BCUT2D eigenvalue weighted by Gasteiger charge is -2.22. The number of anilines is 1. The van der Waals surface area contributed by atoms with Crippen LogP contribution in [0.15, 0.2) is 0 Å². The van der Waals surface area contributed by atoms with Crippen LogP contribution >= 0.6 is 11.3 Å². The molecule has 1 saturated heterocycles. The summed E-state index contributed by atoms with van der Waals surface area (Å²) < 4.78 is 10.3. The number of esters is 1. The van der Waals surface area contributed by atoms with Gasteiger partial charge in [0.1, 0.15) is 5.00 Å². The Hall–Kier alpha value is -1.44. The van der Waals surface area contributed by atoms with Gasteiger partial charge in [0.15, 0.2) is 0 Å². The molecule has 1 aromatic heterocycles. The largest absolute Gasteiger partial charge is 0.465 e. The summed E-state index contributed by atoms with van der Waals surface area (Å²) in [6.45, 7) is 5.86. The van der Waals surface area contributed by atoms with Gasteiger partial charge in [0, 0.05) is 18.0 Å². The lowest BCUT2D eigenvalue weighted by atomic mass is 10.1. The maximum atomic E-state index is 12.1. The number of hydrogen-bond donors (Lipinski definition) is 2. The predicted octanol–water partition coefficient (Wildman–Crippen LogP) is 1.47. The monoisotopic (exact) mass is 312 g/mol. The van der Waals surface area contributed by atoms with Crippen molar-refractivity contribution in [2.24, 2.45) is 0 Å². The summed E-state index contributed by atoms with van der Waals surface area (Å²) in [7, 11) is 1.34. The summed E-state index contributed by atoms with van der Waals surface area (Å²) in [5, 5.41) is 6.53. The number of amides is 1. The van der Waals surface area contributed by atoms with Crippen molar-refractivity contribution in [2.75, 3.05) is 32.1 Å². The molecule has 21 heavy (non-hydrogen) atoms. The van der Waals surface area contributed by atoms with Crippen LogP contribution in [0.1, 0.15) is 27.2 Å². The highest BCUT2D eigenvalue weighted by Crippen LogP contribution is 2.33. The van der Waals surface area contributed by atoms with Gasteiger partial charge in [-0.05, 0) is 19.4 Å². The Balaban J connectivity index is 2.06. The molecule has 2 heterocycles. The van der Waals surface area contributed by atoms with Crippen LogP contribution < -0.4 is 10.6 Å². The first-order valence-electron chi connectivity index (χ1n) is 6.83. The van der Waals surface area contributed by atoms with Gasteiger partial charge in [0.2, 0.25) is 5.91 Å². The molecule has 1 fully saturated rings. The van der Waals surface area contributed by atoms with Gasteiger partial charge in [-0.25, -0.2) is 4.79 Å². The highest BCUT2D eigenvalue weighted by molar-refractivity contribution is 7.16. The number of aryl methyl sites for hydroxylation is 1. The predicted molar refractivity (Wildman–Crippen MR) is 81.0 cm³/mol. The van der Waals surface area contributed by atoms with E-state index in [-0.39, 0.29) is 18.4 Å². The molecule has 0 aliphatic carbocycles. The number of morpholine rings is 1. The van der Waals surface area contributed by atoms with Crippen molar-refractivity contribution < 1.29 is 19.1 Å². The summed E-state index contributed by atoms with van der Waals surface area (Å²) >= 11 is 1.39. The van der Waals surface area contributed by atoms with Crippen LogP contribution in [0.3, 0.4) is 0 Å². The lowest BCUT2D eigenvalue weighted by Crippen LogP contribution is -2.40. The molecule has 1 atom stereocenters. The van der Waals surface area contributed by atoms with Gasteiger partial charge >= 0.3 is 5.97 Å². The van der Waals surface area contributed by atoms with Crippen LogP contribution in [-0.2, 0) is 14.3 Å². The topological polar surface area (TPSA) is 76.7 Å². The second kappa shape index (κ2) is 7.02. The zero-order valence-electron chi connectivity index (χ0n) is 12.4. The van der Waals surface area contributed by atoms with Crippen LogP contribution in [0.2, 0.25) is 0 Å². The number of methoxy groups -OCH3 is 1. The molecule has 0 spiro atoms. The standard InChI is InChI=1S/C14H20N2O4S/c1-8-9(2)21-13(12(8)14(18)19-3)16-11(17)6-10-7-15-4-5-20-10/h10,15H,4-7H2,1-3H3,(H,16,17). The summed E-state index contributed by atoms with van der Waals surface area (Å²) in [5.41, 5.74) is 1.29. The fourth-order valence-electron chi connectivity index (χ4n) is 2.20. The fraction of sp³-hybridized carbons (Fsp3) is 0.571. The Morgan fingerprint density at radius 2 is 2.24 bits per heavy atom. The molecule has 0 saturated carbocycles. The van der Waals surface area contributed by atoms with Gasteiger partial charge in [0.05, 0.1) is 31.8 Å². The van der Waals surface area contributed by atoms with E-state index in [1.165, 1.54) is 18.4 Å². The van der Waals surface area contributed by atoms with E-state index in [2.05, 4.69) is 10.6 Å². The third-order valence-corrected chi connectivity index (χ3v) is 4.57. The molecule has 1 aromatic rings. The minimum atomic E-state index is -0.428. The van der Waals surface area contributed by atoms with Crippen molar-refractivity contribution in [1.29, 1.82) is 0 Å². The van der Waals surface area contributed by atoms with Gasteiger partial charge in [-0.2, -0.15) is 0 Å². The second-order valence-corrected chi connectivity index (χ2v) is 6.15. The summed E-state index contributed by atoms with van der Waals surface area (Å²) in [6.07, 6.45) is 0.145. The van der Waals surface area contributed by atoms with E-state index in [9.17, 15) is 9.59 Å². The van der Waals surface area contributed by atoms with E-state index in [1.54, 1.807) is 0 Å². The van der Waals surface area contributed by atoms with E-state index in [4.69, 9.17) is 9.47 Å². The molecule has 0 radical (unpaired) electrons. The van der Waals surface area contributed by atoms with Crippen molar-refractivity contribution in [3.63, 3.8) is 0 Å². The van der Waals surface area contributed by atoms with E-state index >= 15 is 0 Å². The van der Waals surface area contributed by atoms with Crippen LogP contribution in [-0.4, -0.2) is 44.8 Å². The minimum Gasteiger partial charge on any atom is -0.465 e. The minimum absolute atomic E-state index is 0.123. The van der Waals surface area contributed by atoms with Crippen molar-refractivity contribution in [2.45, 2.75) is 26.4 Å². The maximum absolute atomic E-state index is 12.1. The smallest absolute Gasteiger partial charge is 0.341 e. The lowest BCUT2D eigenvalue weighted by molar-refractivity contribution is -0.119. The third-order valence-electron chi connectivity index (χ3n) is 3.45. The molecule has 2 rings (SSSR count). The number of carbonyl (C=O) groups is 2.